The Labute approximate surface area is 155 Å². The van der Waals surface area contributed by atoms with E-state index in [4.69, 9.17) is 0 Å². The molecule has 2 aromatic carbocycles. The highest BCUT2D eigenvalue weighted by molar-refractivity contribution is 7.19. The van der Waals surface area contributed by atoms with Crippen LogP contribution in [0.15, 0.2) is 48.5 Å². The Balaban J connectivity index is 0.000000165. The Morgan fingerprint density at radius 2 is 1.32 bits per heavy atom. The zero-order valence-electron chi connectivity index (χ0n) is 16.5. The van der Waals surface area contributed by atoms with E-state index in [1.807, 2.05) is 25.2 Å². The first-order valence-corrected chi connectivity index (χ1v) is 9.75. The second-order valence-electron chi connectivity index (χ2n) is 6.31. The predicted octanol–water partition coefficient (Wildman–Crippen LogP) is 7.34. The van der Waals surface area contributed by atoms with Crippen LogP contribution in [-0.2, 0) is 7.05 Å². The first-order chi connectivity index (χ1) is 11.9. The van der Waals surface area contributed by atoms with E-state index in [0.29, 0.717) is 0 Å². The SMILES string of the molecule is CC.Cc1ccc2cc(C)n(C)c2c1.Cc1ccc2cc(C)sc2c1. The van der Waals surface area contributed by atoms with E-state index in [2.05, 4.69) is 87.8 Å². The fraction of sp³-hybridized carbons (Fsp3) is 0.304. The van der Waals surface area contributed by atoms with Gasteiger partial charge in [-0.1, -0.05) is 38.1 Å². The standard InChI is InChI=1S/C11H13N.C10H10S.C2H6/c1-8-4-5-10-7-9(2)12(3)11(10)6-8;1-7-3-4-9-6-8(2)11-10(9)5-7;1-2/h4-7H,1-3H3;3-6H,1-2H3;1-2H3. The van der Waals surface area contributed by atoms with Crippen LogP contribution in [0.1, 0.15) is 35.5 Å². The van der Waals surface area contributed by atoms with Crippen LogP contribution in [0.2, 0.25) is 0 Å². The smallest absolute Gasteiger partial charge is 0.0482 e. The van der Waals surface area contributed by atoms with Gasteiger partial charge in [0.25, 0.3) is 0 Å². The third kappa shape index (κ3) is 4.52. The first kappa shape index (κ1) is 19.3. The van der Waals surface area contributed by atoms with Crippen molar-refractivity contribution in [3.05, 3.63) is 70.2 Å². The van der Waals surface area contributed by atoms with Gasteiger partial charge in [0.1, 0.15) is 0 Å². The molecular weight excluding hydrogens is 322 g/mol. The molecule has 0 saturated heterocycles. The van der Waals surface area contributed by atoms with Gasteiger partial charge in [-0.15, -0.1) is 11.3 Å². The van der Waals surface area contributed by atoms with Crippen molar-refractivity contribution < 1.29 is 0 Å². The molecule has 0 saturated carbocycles. The van der Waals surface area contributed by atoms with Gasteiger partial charge in [-0.05, 0) is 73.9 Å². The fourth-order valence-electron chi connectivity index (χ4n) is 2.85. The average molecular weight is 352 g/mol. The molecule has 0 radical (unpaired) electrons. The van der Waals surface area contributed by atoms with E-state index in [0.717, 1.165) is 0 Å². The van der Waals surface area contributed by atoms with Gasteiger partial charge in [-0.25, -0.2) is 0 Å². The molecule has 0 N–H and O–H groups in total. The summed E-state index contributed by atoms with van der Waals surface area (Å²) >= 11 is 1.87. The summed E-state index contributed by atoms with van der Waals surface area (Å²) in [6.07, 6.45) is 0. The topological polar surface area (TPSA) is 4.93 Å². The zero-order valence-corrected chi connectivity index (χ0v) is 17.3. The van der Waals surface area contributed by atoms with Crippen molar-refractivity contribution in [2.45, 2.75) is 41.5 Å². The molecule has 2 heteroatoms. The van der Waals surface area contributed by atoms with Gasteiger partial charge >= 0.3 is 0 Å². The Morgan fingerprint density at radius 3 is 2.00 bits per heavy atom. The number of hydrogen-bond acceptors (Lipinski definition) is 1. The van der Waals surface area contributed by atoms with Crippen molar-refractivity contribution in [2.24, 2.45) is 7.05 Å². The Hall–Kier alpha value is -2.06. The van der Waals surface area contributed by atoms with Gasteiger partial charge < -0.3 is 4.57 Å². The van der Waals surface area contributed by atoms with Crippen LogP contribution >= 0.6 is 11.3 Å². The van der Waals surface area contributed by atoms with Crippen molar-refractivity contribution in [1.29, 1.82) is 0 Å². The highest BCUT2D eigenvalue weighted by atomic mass is 32.1. The number of aromatic nitrogens is 1. The molecule has 0 bridgehead atoms. The lowest BCUT2D eigenvalue weighted by atomic mass is 10.2. The molecule has 4 rings (SSSR count). The van der Waals surface area contributed by atoms with E-state index < -0.39 is 0 Å². The number of fused-ring (bicyclic) bond motifs is 2. The number of thiophene rings is 1. The summed E-state index contributed by atoms with van der Waals surface area (Å²) in [4.78, 5) is 1.39. The fourth-order valence-corrected chi connectivity index (χ4v) is 3.87. The second kappa shape index (κ2) is 8.35. The maximum absolute atomic E-state index is 2.24. The largest absolute Gasteiger partial charge is 0.348 e. The van der Waals surface area contributed by atoms with Crippen molar-refractivity contribution in [3.8, 4) is 0 Å². The van der Waals surface area contributed by atoms with Gasteiger partial charge in [-0.2, -0.15) is 0 Å². The lowest BCUT2D eigenvalue weighted by Crippen LogP contribution is -1.89. The quantitative estimate of drug-likeness (QED) is 0.312. The van der Waals surface area contributed by atoms with Crippen molar-refractivity contribution in [2.75, 3.05) is 0 Å². The lowest BCUT2D eigenvalue weighted by Gasteiger charge is -1.98. The van der Waals surface area contributed by atoms with Crippen LogP contribution in [0.3, 0.4) is 0 Å². The first-order valence-electron chi connectivity index (χ1n) is 8.93. The zero-order chi connectivity index (χ0) is 18.6. The maximum atomic E-state index is 2.24. The third-order valence-electron chi connectivity index (χ3n) is 4.24. The maximum Gasteiger partial charge on any atom is 0.0482 e. The van der Waals surface area contributed by atoms with E-state index in [1.165, 1.54) is 42.7 Å². The molecule has 1 nitrogen and oxygen atoms in total. The van der Waals surface area contributed by atoms with Crippen LogP contribution in [0.4, 0.5) is 0 Å². The van der Waals surface area contributed by atoms with E-state index >= 15 is 0 Å². The molecule has 0 atom stereocenters. The summed E-state index contributed by atoms with van der Waals surface area (Å²) in [7, 11) is 2.11. The molecule has 2 heterocycles. The van der Waals surface area contributed by atoms with Gasteiger partial charge in [-0.3, -0.25) is 0 Å². The summed E-state index contributed by atoms with van der Waals surface area (Å²) in [5, 5.41) is 2.71. The van der Waals surface area contributed by atoms with Crippen molar-refractivity contribution >= 4 is 32.3 Å². The Morgan fingerprint density at radius 1 is 0.720 bits per heavy atom. The molecule has 0 spiro atoms. The number of hydrogen-bond donors (Lipinski definition) is 0. The Bertz CT molecular complexity index is 973. The summed E-state index contributed by atoms with van der Waals surface area (Å²) in [5.74, 6) is 0. The van der Waals surface area contributed by atoms with Crippen molar-refractivity contribution in [1.82, 2.24) is 4.57 Å². The van der Waals surface area contributed by atoms with Crippen molar-refractivity contribution in [3.63, 3.8) is 0 Å². The molecule has 0 aliphatic carbocycles. The Kier molecular flexibility index (Phi) is 6.44. The highest BCUT2D eigenvalue weighted by Gasteiger charge is 2.00. The van der Waals surface area contributed by atoms with Crippen LogP contribution in [0.25, 0.3) is 21.0 Å². The minimum atomic E-state index is 1.32. The lowest BCUT2D eigenvalue weighted by molar-refractivity contribution is 0.917. The van der Waals surface area contributed by atoms with Crippen LogP contribution in [0.5, 0.6) is 0 Å². The van der Waals surface area contributed by atoms with Gasteiger partial charge in [0.15, 0.2) is 0 Å². The summed E-state index contributed by atoms with van der Waals surface area (Å²) < 4.78 is 3.63. The number of benzene rings is 2. The third-order valence-corrected chi connectivity index (χ3v) is 5.25. The molecule has 2 aromatic heterocycles. The van der Waals surface area contributed by atoms with E-state index in [9.17, 15) is 0 Å². The molecule has 0 aliphatic rings. The van der Waals surface area contributed by atoms with E-state index in [1.54, 1.807) is 0 Å². The normalized spacial score (nSPS) is 10.2. The molecule has 25 heavy (non-hydrogen) atoms. The molecule has 0 fully saturated rings. The molecule has 0 amide bonds. The number of aryl methyl sites for hydroxylation is 5. The molecule has 132 valence electrons. The van der Waals surface area contributed by atoms with E-state index in [-0.39, 0.29) is 0 Å². The molecule has 0 unspecified atom stereocenters. The summed E-state index contributed by atoms with van der Waals surface area (Å²) in [6, 6.07) is 17.6. The van der Waals surface area contributed by atoms with Crippen LogP contribution in [-0.4, -0.2) is 4.57 Å². The minimum absolute atomic E-state index is 1.32. The summed E-state index contributed by atoms with van der Waals surface area (Å²) in [6.45, 7) is 12.5. The minimum Gasteiger partial charge on any atom is -0.348 e. The monoisotopic (exact) mass is 351 g/mol. The average Bonchev–Trinajstić information content (AvgIpc) is 3.09. The van der Waals surface area contributed by atoms with Gasteiger partial charge in [0.2, 0.25) is 0 Å². The number of rotatable bonds is 0. The molecular formula is C23H29NS. The van der Waals surface area contributed by atoms with Crippen LogP contribution < -0.4 is 0 Å². The van der Waals surface area contributed by atoms with Crippen LogP contribution in [0, 0.1) is 27.7 Å². The molecule has 0 aliphatic heterocycles. The number of nitrogens with zero attached hydrogens (tertiary/aromatic N) is 1. The van der Waals surface area contributed by atoms with Gasteiger partial charge in [0.05, 0.1) is 0 Å². The molecule has 4 aromatic rings. The predicted molar refractivity (Wildman–Crippen MR) is 115 cm³/mol. The second-order valence-corrected chi connectivity index (χ2v) is 7.59. The highest BCUT2D eigenvalue weighted by Crippen LogP contribution is 2.25. The van der Waals surface area contributed by atoms with Gasteiger partial charge in [0, 0.05) is 27.8 Å². The summed E-state index contributed by atoms with van der Waals surface area (Å²) in [5.41, 5.74) is 5.31.